The van der Waals surface area contributed by atoms with E-state index in [-0.39, 0.29) is 17.9 Å². The van der Waals surface area contributed by atoms with Crippen LogP contribution in [0, 0.1) is 5.82 Å². The Morgan fingerprint density at radius 3 is 2.72 bits per heavy atom. The minimum absolute atomic E-state index is 0.0291. The second kappa shape index (κ2) is 9.86. The van der Waals surface area contributed by atoms with Crippen molar-refractivity contribution in [2.75, 3.05) is 18.5 Å². The number of aliphatic hydroxyl groups is 1. The van der Waals surface area contributed by atoms with Gasteiger partial charge in [0.2, 0.25) is 0 Å². The zero-order valence-electron chi connectivity index (χ0n) is 19.2. The zero-order chi connectivity index (χ0) is 25.2. The van der Waals surface area contributed by atoms with Gasteiger partial charge in [0.25, 0.3) is 6.43 Å². The predicted molar refractivity (Wildman–Crippen MR) is 129 cm³/mol. The van der Waals surface area contributed by atoms with Crippen LogP contribution >= 0.6 is 0 Å². The highest BCUT2D eigenvalue weighted by Crippen LogP contribution is 2.33. The standard InChI is InChI=1S/C25H22F3N7O/c1-14(17-3-2-4-18-22(24(27)28)19(26)12-30-23(17)18)9-29-21-8-20(32-13-33-21)15-7-16-11-34-35(5-6-36)25(16)31-10-15/h2-4,7-8,10-14,24,36H,5-6,9H2,1H3,(H,29,32,33)/t14-/m1/s1. The molecule has 0 saturated carbocycles. The van der Waals surface area contributed by atoms with E-state index < -0.39 is 17.8 Å². The smallest absolute Gasteiger partial charge is 0.267 e. The fraction of sp³-hybridized carbons (Fsp3) is 0.240. The minimum atomic E-state index is -2.93. The molecule has 0 aliphatic rings. The van der Waals surface area contributed by atoms with Crippen LogP contribution in [0.1, 0.15) is 30.4 Å². The third-order valence-corrected chi connectivity index (χ3v) is 6.01. The number of hydrogen-bond acceptors (Lipinski definition) is 7. The van der Waals surface area contributed by atoms with Crippen LogP contribution in [0.3, 0.4) is 0 Å². The predicted octanol–water partition coefficient (Wildman–Crippen LogP) is 4.72. The largest absolute Gasteiger partial charge is 0.394 e. The Kier molecular flexibility index (Phi) is 6.47. The monoisotopic (exact) mass is 493 g/mol. The summed E-state index contributed by atoms with van der Waals surface area (Å²) in [5.74, 6) is -0.566. The highest BCUT2D eigenvalue weighted by atomic mass is 19.3. The Balaban J connectivity index is 1.36. The molecule has 1 aromatic carbocycles. The Labute approximate surface area is 203 Å². The van der Waals surface area contributed by atoms with E-state index in [1.54, 1.807) is 35.3 Å². The van der Waals surface area contributed by atoms with E-state index in [0.717, 1.165) is 22.7 Å². The summed E-state index contributed by atoms with van der Waals surface area (Å²) < 4.78 is 42.5. The van der Waals surface area contributed by atoms with Gasteiger partial charge in [-0.15, -0.1) is 0 Å². The molecule has 0 radical (unpaired) electrons. The fourth-order valence-corrected chi connectivity index (χ4v) is 4.21. The molecular weight excluding hydrogens is 471 g/mol. The van der Waals surface area contributed by atoms with Gasteiger partial charge >= 0.3 is 0 Å². The second-order valence-corrected chi connectivity index (χ2v) is 8.36. The lowest BCUT2D eigenvalue weighted by atomic mass is 9.96. The number of aromatic nitrogens is 6. The lowest BCUT2D eigenvalue weighted by Crippen LogP contribution is -2.12. The van der Waals surface area contributed by atoms with Crippen LogP contribution in [-0.4, -0.2) is 48.0 Å². The van der Waals surface area contributed by atoms with Crippen molar-refractivity contribution in [3.63, 3.8) is 0 Å². The number of fused-ring (bicyclic) bond motifs is 2. The molecule has 0 bridgehead atoms. The summed E-state index contributed by atoms with van der Waals surface area (Å²) in [6, 6.07) is 8.61. The lowest BCUT2D eigenvalue weighted by Gasteiger charge is -2.17. The molecule has 1 atom stereocenters. The van der Waals surface area contributed by atoms with Gasteiger partial charge in [-0.3, -0.25) is 4.98 Å². The number of para-hydroxylation sites is 1. The maximum atomic E-state index is 14.0. The maximum absolute atomic E-state index is 14.0. The third kappa shape index (κ3) is 4.44. The van der Waals surface area contributed by atoms with Crippen LogP contribution in [0.15, 0.2) is 55.2 Å². The molecule has 0 aliphatic carbocycles. The van der Waals surface area contributed by atoms with Crippen LogP contribution in [0.4, 0.5) is 19.0 Å². The third-order valence-electron chi connectivity index (χ3n) is 6.01. The molecule has 0 aliphatic heterocycles. The summed E-state index contributed by atoms with van der Waals surface area (Å²) in [5.41, 5.74) is 2.57. The van der Waals surface area contributed by atoms with Gasteiger partial charge in [0, 0.05) is 41.1 Å². The summed E-state index contributed by atoms with van der Waals surface area (Å²) in [5, 5.41) is 17.6. The van der Waals surface area contributed by atoms with E-state index in [1.807, 2.05) is 13.0 Å². The Morgan fingerprint density at radius 1 is 1.06 bits per heavy atom. The van der Waals surface area contributed by atoms with Crippen molar-refractivity contribution in [2.24, 2.45) is 0 Å². The zero-order valence-corrected chi connectivity index (χ0v) is 19.2. The lowest BCUT2D eigenvalue weighted by molar-refractivity contribution is 0.148. The topological polar surface area (TPSA) is 102 Å². The van der Waals surface area contributed by atoms with E-state index in [0.29, 0.717) is 35.8 Å². The van der Waals surface area contributed by atoms with Gasteiger partial charge in [-0.2, -0.15) is 5.10 Å². The number of anilines is 1. The number of hydrogen-bond donors (Lipinski definition) is 2. The molecule has 0 spiro atoms. The van der Waals surface area contributed by atoms with Crippen molar-refractivity contribution in [1.29, 1.82) is 0 Å². The Morgan fingerprint density at radius 2 is 1.92 bits per heavy atom. The summed E-state index contributed by atoms with van der Waals surface area (Å²) in [7, 11) is 0. The number of rotatable bonds is 8. The highest BCUT2D eigenvalue weighted by molar-refractivity contribution is 5.86. The quantitative estimate of drug-likeness (QED) is 0.323. The van der Waals surface area contributed by atoms with Crippen LogP contribution in [0.5, 0.6) is 0 Å². The SMILES string of the molecule is C[C@H](CNc1cc(-c2cnc3c(cnn3CCO)c2)ncn1)c1cccc2c(C(F)F)c(F)cnc12. The second-order valence-electron chi connectivity index (χ2n) is 8.36. The number of nitrogens with one attached hydrogen (secondary N) is 1. The van der Waals surface area contributed by atoms with Crippen molar-refractivity contribution < 1.29 is 18.3 Å². The van der Waals surface area contributed by atoms with Crippen molar-refractivity contribution in [3.05, 3.63) is 72.2 Å². The molecule has 4 heterocycles. The van der Waals surface area contributed by atoms with Gasteiger partial charge in [0.1, 0.15) is 12.1 Å². The molecule has 0 amide bonds. The number of aliphatic hydroxyl groups excluding tert-OH is 1. The van der Waals surface area contributed by atoms with Gasteiger partial charge in [0.15, 0.2) is 11.5 Å². The summed E-state index contributed by atoms with van der Waals surface area (Å²) in [4.78, 5) is 17.2. The molecule has 11 heteroatoms. The minimum Gasteiger partial charge on any atom is -0.394 e. The van der Waals surface area contributed by atoms with Gasteiger partial charge in [-0.05, 0) is 11.6 Å². The molecule has 8 nitrogen and oxygen atoms in total. The highest BCUT2D eigenvalue weighted by Gasteiger charge is 2.20. The van der Waals surface area contributed by atoms with Gasteiger partial charge in [-0.25, -0.2) is 32.8 Å². The van der Waals surface area contributed by atoms with E-state index in [4.69, 9.17) is 5.11 Å². The number of pyridine rings is 2. The normalized spacial score (nSPS) is 12.5. The van der Waals surface area contributed by atoms with E-state index in [9.17, 15) is 13.2 Å². The molecule has 184 valence electrons. The molecular formula is C25H22F3N7O. The summed E-state index contributed by atoms with van der Waals surface area (Å²) >= 11 is 0. The van der Waals surface area contributed by atoms with E-state index in [1.165, 1.54) is 12.4 Å². The van der Waals surface area contributed by atoms with Crippen LogP contribution in [-0.2, 0) is 6.54 Å². The van der Waals surface area contributed by atoms with E-state index >= 15 is 0 Å². The maximum Gasteiger partial charge on any atom is 0.267 e. The van der Waals surface area contributed by atoms with Crippen molar-refractivity contribution >= 4 is 27.8 Å². The molecule has 5 rings (SSSR count). The average molecular weight is 493 g/mol. The molecule has 4 aromatic heterocycles. The van der Waals surface area contributed by atoms with Crippen LogP contribution < -0.4 is 5.32 Å². The Hall–Kier alpha value is -4.12. The molecule has 36 heavy (non-hydrogen) atoms. The first-order valence-corrected chi connectivity index (χ1v) is 11.3. The number of nitrogens with zero attached hydrogens (tertiary/aromatic N) is 6. The summed E-state index contributed by atoms with van der Waals surface area (Å²) in [6.07, 6.45) is 2.74. The fourth-order valence-electron chi connectivity index (χ4n) is 4.21. The molecule has 5 aromatic rings. The van der Waals surface area contributed by atoms with Crippen LogP contribution in [0.2, 0.25) is 0 Å². The van der Waals surface area contributed by atoms with Crippen molar-refractivity contribution in [3.8, 4) is 11.3 Å². The van der Waals surface area contributed by atoms with Gasteiger partial charge in [-0.1, -0.05) is 25.1 Å². The number of alkyl halides is 2. The molecule has 0 unspecified atom stereocenters. The molecule has 0 saturated heterocycles. The first-order chi connectivity index (χ1) is 17.5. The van der Waals surface area contributed by atoms with Crippen LogP contribution in [0.25, 0.3) is 33.2 Å². The average Bonchev–Trinajstić information content (AvgIpc) is 3.29. The van der Waals surface area contributed by atoms with Gasteiger partial charge in [0.05, 0.1) is 42.3 Å². The summed E-state index contributed by atoms with van der Waals surface area (Å²) in [6.45, 7) is 2.70. The Bertz CT molecular complexity index is 1540. The molecule has 2 N–H and O–H groups in total. The van der Waals surface area contributed by atoms with Crippen molar-refractivity contribution in [2.45, 2.75) is 25.8 Å². The number of halogens is 3. The first kappa shape index (κ1) is 23.6. The van der Waals surface area contributed by atoms with Crippen molar-refractivity contribution in [1.82, 2.24) is 29.7 Å². The van der Waals surface area contributed by atoms with E-state index in [2.05, 4.69) is 30.4 Å². The molecule has 0 fully saturated rings. The number of benzene rings is 1. The first-order valence-electron chi connectivity index (χ1n) is 11.3. The van der Waals surface area contributed by atoms with Gasteiger partial charge < -0.3 is 10.4 Å².